The van der Waals surface area contributed by atoms with Gasteiger partial charge in [0.15, 0.2) is 11.5 Å². The number of methoxy groups -OCH3 is 1. The highest BCUT2D eigenvalue weighted by Gasteiger charge is 2.06. The zero-order valence-electron chi connectivity index (χ0n) is 15.0. The van der Waals surface area contributed by atoms with Crippen LogP contribution in [0.2, 0.25) is 0 Å². The monoisotopic (exact) mass is 365 g/mol. The maximum atomic E-state index is 11.5. The topological polar surface area (TPSA) is 101 Å². The van der Waals surface area contributed by atoms with E-state index in [1.807, 2.05) is 42.5 Å². The van der Waals surface area contributed by atoms with E-state index in [4.69, 9.17) is 9.47 Å². The Morgan fingerprint density at radius 3 is 2.70 bits per heavy atom. The molecule has 0 spiro atoms. The molecule has 0 bridgehead atoms. The third kappa shape index (κ3) is 4.91. The number of H-pyrrole nitrogens is 1. The Morgan fingerprint density at radius 2 is 1.96 bits per heavy atom. The molecule has 0 atom stereocenters. The van der Waals surface area contributed by atoms with Gasteiger partial charge in [-0.05, 0) is 36.2 Å². The molecule has 0 aliphatic carbocycles. The van der Waals surface area contributed by atoms with Gasteiger partial charge in [-0.15, -0.1) is 10.2 Å². The highest BCUT2D eigenvalue weighted by atomic mass is 16.5. The molecule has 0 fully saturated rings. The lowest BCUT2D eigenvalue weighted by atomic mass is 10.2. The number of hydrogen-bond donors (Lipinski definition) is 2. The second kappa shape index (κ2) is 8.61. The van der Waals surface area contributed by atoms with E-state index in [1.54, 1.807) is 26.3 Å². The molecule has 8 heteroatoms. The van der Waals surface area contributed by atoms with E-state index in [0.717, 1.165) is 11.1 Å². The molecule has 8 nitrogen and oxygen atoms in total. The van der Waals surface area contributed by atoms with Crippen molar-refractivity contribution in [3.8, 4) is 11.5 Å². The number of benzene rings is 2. The van der Waals surface area contributed by atoms with Crippen molar-refractivity contribution in [1.82, 2.24) is 15.2 Å². The zero-order valence-corrected chi connectivity index (χ0v) is 15.0. The van der Waals surface area contributed by atoms with Crippen LogP contribution in [0.4, 0.5) is 5.95 Å². The number of rotatable bonds is 7. The van der Waals surface area contributed by atoms with E-state index in [9.17, 15) is 4.79 Å². The predicted octanol–water partition coefficient (Wildman–Crippen LogP) is 2.51. The maximum Gasteiger partial charge on any atom is 0.274 e. The first-order valence-corrected chi connectivity index (χ1v) is 8.23. The highest BCUT2D eigenvalue weighted by Crippen LogP contribution is 2.28. The molecule has 3 aromatic rings. The Kier molecular flexibility index (Phi) is 5.78. The summed E-state index contributed by atoms with van der Waals surface area (Å²) < 4.78 is 11.2. The highest BCUT2D eigenvalue weighted by molar-refractivity contribution is 5.81. The van der Waals surface area contributed by atoms with Crippen LogP contribution in [0, 0.1) is 6.92 Å². The Balaban J connectivity index is 1.66. The summed E-state index contributed by atoms with van der Waals surface area (Å²) in [5.74, 6) is 1.40. The van der Waals surface area contributed by atoms with E-state index in [-0.39, 0.29) is 11.5 Å². The number of hydrogen-bond acceptors (Lipinski definition) is 7. The van der Waals surface area contributed by atoms with Crippen LogP contribution in [0.5, 0.6) is 11.5 Å². The van der Waals surface area contributed by atoms with Gasteiger partial charge in [-0.25, -0.2) is 5.43 Å². The fourth-order valence-electron chi connectivity index (χ4n) is 2.23. The van der Waals surface area contributed by atoms with Gasteiger partial charge in [-0.1, -0.05) is 30.3 Å². The number of hydrazone groups is 1. The molecular weight excluding hydrogens is 346 g/mol. The summed E-state index contributed by atoms with van der Waals surface area (Å²) >= 11 is 0. The lowest BCUT2D eigenvalue weighted by molar-refractivity contribution is 0.284. The van der Waals surface area contributed by atoms with Crippen molar-refractivity contribution in [2.45, 2.75) is 13.5 Å². The van der Waals surface area contributed by atoms with E-state index in [2.05, 4.69) is 25.7 Å². The van der Waals surface area contributed by atoms with E-state index in [0.29, 0.717) is 23.8 Å². The van der Waals surface area contributed by atoms with Crippen molar-refractivity contribution in [3.05, 3.63) is 75.7 Å². The molecular formula is C19H19N5O3. The zero-order chi connectivity index (χ0) is 19.1. The number of aromatic nitrogens is 3. The lowest BCUT2D eigenvalue weighted by Crippen LogP contribution is -2.15. The predicted molar refractivity (Wildman–Crippen MR) is 102 cm³/mol. The van der Waals surface area contributed by atoms with E-state index < -0.39 is 0 Å². The molecule has 0 amide bonds. The van der Waals surface area contributed by atoms with Gasteiger partial charge in [0.1, 0.15) is 12.3 Å². The van der Waals surface area contributed by atoms with Gasteiger partial charge in [-0.2, -0.15) is 5.10 Å². The molecule has 1 heterocycles. The molecule has 2 aromatic carbocycles. The van der Waals surface area contributed by atoms with Gasteiger partial charge in [0.05, 0.1) is 13.3 Å². The Hall–Kier alpha value is -3.68. The third-order valence-electron chi connectivity index (χ3n) is 3.67. The third-order valence-corrected chi connectivity index (χ3v) is 3.67. The fraction of sp³-hybridized carbons (Fsp3) is 0.158. The summed E-state index contributed by atoms with van der Waals surface area (Å²) in [6.45, 7) is 2.03. The van der Waals surface area contributed by atoms with Crippen LogP contribution >= 0.6 is 0 Å². The van der Waals surface area contributed by atoms with Crippen LogP contribution in [-0.2, 0) is 6.61 Å². The first-order chi connectivity index (χ1) is 13.2. The minimum absolute atomic E-state index is 0.164. The normalized spacial score (nSPS) is 10.7. The number of anilines is 1. The van der Waals surface area contributed by atoms with Gasteiger partial charge >= 0.3 is 0 Å². The van der Waals surface area contributed by atoms with Crippen LogP contribution in [0.25, 0.3) is 0 Å². The number of nitrogens with zero attached hydrogens (tertiary/aromatic N) is 3. The molecule has 27 heavy (non-hydrogen) atoms. The van der Waals surface area contributed by atoms with E-state index >= 15 is 0 Å². The first-order valence-electron chi connectivity index (χ1n) is 8.23. The SMILES string of the molecule is COc1cc(/C=N\Nc2nnc(C)c(=O)[nH]2)ccc1OCc1ccccc1. The quantitative estimate of drug-likeness (QED) is 0.493. The molecule has 1 aromatic heterocycles. The number of aromatic amines is 1. The summed E-state index contributed by atoms with van der Waals surface area (Å²) in [6, 6.07) is 15.4. The Morgan fingerprint density at radius 1 is 1.15 bits per heavy atom. The second-order valence-electron chi connectivity index (χ2n) is 5.64. The largest absolute Gasteiger partial charge is 0.493 e. The Labute approximate surface area is 155 Å². The van der Waals surface area contributed by atoms with Gasteiger partial charge in [0.2, 0.25) is 5.95 Å². The average molecular weight is 365 g/mol. The maximum absolute atomic E-state index is 11.5. The number of ether oxygens (including phenoxy) is 2. The van der Waals surface area contributed by atoms with Gasteiger partial charge < -0.3 is 9.47 Å². The molecule has 2 N–H and O–H groups in total. The fourth-order valence-corrected chi connectivity index (χ4v) is 2.23. The Bertz CT molecular complexity index is 986. The molecule has 0 radical (unpaired) electrons. The van der Waals surface area contributed by atoms with Crippen molar-refractivity contribution in [2.75, 3.05) is 12.5 Å². The van der Waals surface area contributed by atoms with Gasteiger partial charge in [0.25, 0.3) is 5.56 Å². The molecule has 0 aliphatic rings. The van der Waals surface area contributed by atoms with Crippen LogP contribution < -0.4 is 20.5 Å². The molecule has 0 unspecified atom stereocenters. The van der Waals surface area contributed by atoms with Crippen molar-refractivity contribution in [1.29, 1.82) is 0 Å². The first kappa shape index (κ1) is 18.1. The summed E-state index contributed by atoms with van der Waals surface area (Å²) in [5.41, 5.74) is 4.46. The molecule has 0 saturated carbocycles. The van der Waals surface area contributed by atoms with Gasteiger partial charge in [-0.3, -0.25) is 9.78 Å². The molecule has 3 rings (SSSR count). The summed E-state index contributed by atoms with van der Waals surface area (Å²) in [5, 5.41) is 11.6. The summed E-state index contributed by atoms with van der Waals surface area (Å²) in [7, 11) is 1.58. The molecule has 0 aliphatic heterocycles. The number of aryl methyl sites for hydroxylation is 1. The molecule has 0 saturated heterocycles. The van der Waals surface area contributed by atoms with Gasteiger partial charge in [0, 0.05) is 0 Å². The smallest absolute Gasteiger partial charge is 0.274 e. The molecule has 138 valence electrons. The minimum atomic E-state index is -0.315. The second-order valence-corrected chi connectivity index (χ2v) is 5.64. The number of nitrogens with one attached hydrogen (secondary N) is 2. The standard InChI is InChI=1S/C19H19N5O3/c1-13-18(25)21-19(24-22-13)23-20-11-15-8-9-16(17(10-15)26-2)27-12-14-6-4-3-5-7-14/h3-11H,12H2,1-2H3,(H2,21,23,24,25)/b20-11-. The van der Waals surface area contributed by atoms with E-state index in [1.165, 1.54) is 0 Å². The minimum Gasteiger partial charge on any atom is -0.493 e. The lowest BCUT2D eigenvalue weighted by Gasteiger charge is -2.11. The van der Waals surface area contributed by atoms with Crippen LogP contribution in [-0.4, -0.2) is 28.5 Å². The van der Waals surface area contributed by atoms with Crippen molar-refractivity contribution in [2.24, 2.45) is 5.10 Å². The van der Waals surface area contributed by atoms with Crippen LogP contribution in [0.1, 0.15) is 16.8 Å². The van der Waals surface area contributed by atoms with Crippen LogP contribution in [0.3, 0.4) is 0 Å². The van der Waals surface area contributed by atoms with Crippen molar-refractivity contribution < 1.29 is 9.47 Å². The van der Waals surface area contributed by atoms with Crippen LogP contribution in [0.15, 0.2) is 58.4 Å². The summed E-state index contributed by atoms with van der Waals surface area (Å²) in [4.78, 5) is 14.0. The average Bonchev–Trinajstić information content (AvgIpc) is 2.70. The van der Waals surface area contributed by atoms with Crippen molar-refractivity contribution in [3.63, 3.8) is 0 Å². The summed E-state index contributed by atoms with van der Waals surface area (Å²) in [6.07, 6.45) is 1.57. The van der Waals surface area contributed by atoms with Crippen molar-refractivity contribution >= 4 is 12.2 Å².